The number of unbranched alkanes of at least 4 members (excludes halogenated alkanes) is 1. The summed E-state index contributed by atoms with van der Waals surface area (Å²) in [4.78, 5) is 0. The number of aliphatic hydroxyl groups excluding tert-OH is 1. The van der Waals surface area contributed by atoms with Crippen LogP contribution in [0.1, 0.15) is 51.9 Å². The second kappa shape index (κ2) is 8.04. The van der Waals surface area contributed by atoms with Crippen molar-refractivity contribution in [3.63, 3.8) is 0 Å². The van der Waals surface area contributed by atoms with E-state index in [1.807, 2.05) is 0 Å². The fourth-order valence-corrected chi connectivity index (χ4v) is 2.47. The van der Waals surface area contributed by atoms with Crippen molar-refractivity contribution in [2.75, 3.05) is 13.7 Å². The zero-order valence-electron chi connectivity index (χ0n) is 10.7. The van der Waals surface area contributed by atoms with Gasteiger partial charge in [-0.05, 0) is 19.3 Å². The maximum atomic E-state index is 9.91. The van der Waals surface area contributed by atoms with Crippen molar-refractivity contribution in [2.24, 2.45) is 0 Å². The third-order valence-electron chi connectivity index (χ3n) is 3.45. The molecule has 0 aliphatic heterocycles. The summed E-state index contributed by atoms with van der Waals surface area (Å²) in [7, 11) is 1.75. The molecule has 0 aromatic carbocycles. The Hall–Kier alpha value is -0.120. The number of rotatable bonds is 7. The Bertz CT molecular complexity index is 175. The van der Waals surface area contributed by atoms with Gasteiger partial charge in [0, 0.05) is 19.2 Å². The first-order chi connectivity index (χ1) is 7.77. The summed E-state index contributed by atoms with van der Waals surface area (Å²) < 4.78 is 5.23. The summed E-state index contributed by atoms with van der Waals surface area (Å²) in [6, 6.07) is 0.688. The molecule has 96 valence electrons. The fourth-order valence-electron chi connectivity index (χ4n) is 2.47. The summed E-state index contributed by atoms with van der Waals surface area (Å²) in [5.41, 5.74) is 0. The van der Waals surface area contributed by atoms with E-state index in [0.717, 1.165) is 25.9 Å². The van der Waals surface area contributed by atoms with Gasteiger partial charge in [0.25, 0.3) is 0 Å². The normalized spacial score (nSPS) is 27.9. The number of methoxy groups -OCH3 is 1. The molecule has 3 nitrogen and oxygen atoms in total. The second-order valence-electron chi connectivity index (χ2n) is 4.92. The summed E-state index contributed by atoms with van der Waals surface area (Å²) in [5, 5.41) is 13.5. The molecule has 3 heteroatoms. The average molecular weight is 229 g/mol. The molecule has 1 aliphatic rings. The molecule has 0 aromatic heterocycles. The highest BCUT2D eigenvalue weighted by Gasteiger charge is 2.24. The average Bonchev–Trinajstić information content (AvgIpc) is 2.29. The van der Waals surface area contributed by atoms with Crippen LogP contribution in [0, 0.1) is 0 Å². The molecule has 0 heterocycles. The highest BCUT2D eigenvalue weighted by molar-refractivity contribution is 4.83. The first kappa shape index (κ1) is 13.9. The zero-order valence-corrected chi connectivity index (χ0v) is 10.7. The Labute approximate surface area is 99.6 Å². The van der Waals surface area contributed by atoms with Crippen molar-refractivity contribution in [1.29, 1.82) is 0 Å². The Morgan fingerprint density at radius 2 is 2.12 bits per heavy atom. The van der Waals surface area contributed by atoms with Crippen LogP contribution in [0.15, 0.2) is 0 Å². The van der Waals surface area contributed by atoms with E-state index in [1.54, 1.807) is 7.11 Å². The second-order valence-corrected chi connectivity index (χ2v) is 4.92. The Morgan fingerprint density at radius 1 is 1.38 bits per heavy atom. The highest BCUT2D eigenvalue weighted by Crippen LogP contribution is 2.19. The summed E-state index contributed by atoms with van der Waals surface area (Å²) in [6.45, 7) is 2.96. The third-order valence-corrected chi connectivity index (χ3v) is 3.45. The Kier molecular flexibility index (Phi) is 7.01. The van der Waals surface area contributed by atoms with Gasteiger partial charge in [-0.3, -0.25) is 0 Å². The minimum absolute atomic E-state index is 0.158. The van der Waals surface area contributed by atoms with Gasteiger partial charge >= 0.3 is 0 Å². The number of hydrogen-bond acceptors (Lipinski definition) is 3. The Balaban J connectivity index is 2.33. The topological polar surface area (TPSA) is 41.5 Å². The minimum Gasteiger partial charge on any atom is -0.392 e. The molecule has 0 aromatic rings. The van der Waals surface area contributed by atoms with Crippen LogP contribution in [0.3, 0.4) is 0 Å². The molecule has 1 saturated carbocycles. The van der Waals surface area contributed by atoms with Crippen molar-refractivity contribution in [2.45, 2.75) is 70.1 Å². The molecule has 0 bridgehead atoms. The van der Waals surface area contributed by atoms with Crippen LogP contribution in [-0.4, -0.2) is 37.0 Å². The maximum absolute atomic E-state index is 9.91. The predicted molar refractivity (Wildman–Crippen MR) is 66.6 cm³/mol. The van der Waals surface area contributed by atoms with Crippen molar-refractivity contribution in [3.05, 3.63) is 0 Å². The van der Waals surface area contributed by atoms with Crippen LogP contribution < -0.4 is 5.32 Å². The zero-order chi connectivity index (χ0) is 11.8. The highest BCUT2D eigenvalue weighted by atomic mass is 16.5. The van der Waals surface area contributed by atoms with Gasteiger partial charge in [0.2, 0.25) is 0 Å². The molecule has 3 unspecified atom stereocenters. The van der Waals surface area contributed by atoms with E-state index in [0.29, 0.717) is 6.04 Å². The minimum atomic E-state index is -0.158. The van der Waals surface area contributed by atoms with Gasteiger partial charge in [0.15, 0.2) is 0 Å². The number of ether oxygens (including phenoxy) is 1. The van der Waals surface area contributed by atoms with Gasteiger partial charge in [0.05, 0.1) is 12.7 Å². The van der Waals surface area contributed by atoms with Crippen LogP contribution in [0.25, 0.3) is 0 Å². The van der Waals surface area contributed by atoms with Gasteiger partial charge in [-0.15, -0.1) is 0 Å². The van der Waals surface area contributed by atoms with Crippen molar-refractivity contribution in [1.82, 2.24) is 5.32 Å². The smallest absolute Gasteiger partial charge is 0.0693 e. The first-order valence-corrected chi connectivity index (χ1v) is 6.71. The van der Waals surface area contributed by atoms with Crippen LogP contribution in [0.2, 0.25) is 0 Å². The van der Waals surface area contributed by atoms with Crippen LogP contribution in [0.5, 0.6) is 0 Å². The molecule has 16 heavy (non-hydrogen) atoms. The lowest BCUT2D eigenvalue weighted by Crippen LogP contribution is -2.48. The standard InChI is InChI=1S/C13H27NO2/c1-3-4-7-11(10-16-2)14-12-8-5-6-9-13(12)15/h11-15H,3-10H2,1-2H3. The molecule has 1 fully saturated rings. The number of aliphatic hydroxyl groups is 1. The number of hydrogen-bond donors (Lipinski definition) is 2. The summed E-state index contributed by atoms with van der Waals surface area (Å²) in [6.07, 6.45) is 7.89. The van der Waals surface area contributed by atoms with Gasteiger partial charge in [-0.2, -0.15) is 0 Å². The lowest BCUT2D eigenvalue weighted by molar-refractivity contribution is 0.0714. The van der Waals surface area contributed by atoms with Crippen LogP contribution in [-0.2, 0) is 4.74 Å². The van der Waals surface area contributed by atoms with Gasteiger partial charge < -0.3 is 15.2 Å². The van der Waals surface area contributed by atoms with Gasteiger partial charge in [0.1, 0.15) is 0 Å². The SMILES string of the molecule is CCCCC(COC)NC1CCCCC1O. The fraction of sp³-hybridized carbons (Fsp3) is 1.00. The van der Waals surface area contributed by atoms with Crippen molar-refractivity contribution in [3.8, 4) is 0 Å². The molecule has 3 atom stereocenters. The van der Waals surface area contributed by atoms with E-state index < -0.39 is 0 Å². The van der Waals surface area contributed by atoms with Gasteiger partial charge in [-0.25, -0.2) is 0 Å². The molecule has 0 amide bonds. The van der Waals surface area contributed by atoms with E-state index >= 15 is 0 Å². The first-order valence-electron chi connectivity index (χ1n) is 6.71. The number of nitrogens with one attached hydrogen (secondary N) is 1. The van der Waals surface area contributed by atoms with Crippen molar-refractivity contribution >= 4 is 0 Å². The molecule has 2 N–H and O–H groups in total. The van der Waals surface area contributed by atoms with E-state index in [2.05, 4.69) is 12.2 Å². The molecule has 1 aliphatic carbocycles. The molecule has 0 saturated heterocycles. The molecule has 0 radical (unpaired) electrons. The summed E-state index contributed by atoms with van der Waals surface area (Å²) >= 11 is 0. The van der Waals surface area contributed by atoms with Gasteiger partial charge in [-0.1, -0.05) is 32.6 Å². The van der Waals surface area contributed by atoms with E-state index in [4.69, 9.17) is 4.74 Å². The molecular formula is C13H27NO2. The molecule has 0 spiro atoms. The summed E-state index contributed by atoms with van der Waals surface area (Å²) in [5.74, 6) is 0. The Morgan fingerprint density at radius 3 is 2.75 bits per heavy atom. The quantitative estimate of drug-likeness (QED) is 0.702. The maximum Gasteiger partial charge on any atom is 0.0693 e. The van der Waals surface area contributed by atoms with Crippen LogP contribution in [0.4, 0.5) is 0 Å². The monoisotopic (exact) mass is 229 g/mol. The lowest BCUT2D eigenvalue weighted by Gasteiger charge is -2.32. The van der Waals surface area contributed by atoms with E-state index in [1.165, 1.54) is 25.7 Å². The third kappa shape index (κ3) is 4.81. The molecular weight excluding hydrogens is 202 g/mol. The lowest BCUT2D eigenvalue weighted by atomic mass is 9.91. The van der Waals surface area contributed by atoms with Crippen molar-refractivity contribution < 1.29 is 9.84 Å². The molecule has 1 rings (SSSR count). The van der Waals surface area contributed by atoms with Crippen LogP contribution >= 0.6 is 0 Å². The largest absolute Gasteiger partial charge is 0.392 e. The van der Waals surface area contributed by atoms with E-state index in [-0.39, 0.29) is 12.1 Å². The van der Waals surface area contributed by atoms with E-state index in [9.17, 15) is 5.11 Å². The predicted octanol–water partition coefficient (Wildman–Crippen LogP) is 2.08.